The van der Waals surface area contributed by atoms with E-state index in [1.54, 1.807) is 60.4 Å². The summed E-state index contributed by atoms with van der Waals surface area (Å²) < 4.78 is 1.43. The summed E-state index contributed by atoms with van der Waals surface area (Å²) in [4.78, 5) is 53.0. The summed E-state index contributed by atoms with van der Waals surface area (Å²) in [5.74, 6) is -0.994. The second-order valence-corrected chi connectivity index (χ2v) is 8.50. The molecule has 2 fully saturated rings. The number of rotatable bonds is 6. The molecule has 0 saturated carbocycles. The number of nitrogens with one attached hydrogen (secondary N) is 2. The molecule has 2 N–H and O–H groups in total. The van der Waals surface area contributed by atoms with Crippen molar-refractivity contribution in [2.75, 3.05) is 23.3 Å². The van der Waals surface area contributed by atoms with Crippen LogP contribution in [0.25, 0.3) is 5.69 Å². The van der Waals surface area contributed by atoms with Gasteiger partial charge in [0.2, 0.25) is 11.8 Å². The fraction of sp³-hybridized carbons (Fsp3) is 0.261. The lowest BCUT2D eigenvalue weighted by Gasteiger charge is -2.22. The number of benzene rings is 2. The molecule has 178 valence electrons. The average Bonchev–Trinajstić information content (AvgIpc) is 3.58. The Morgan fingerprint density at radius 2 is 1.91 bits per heavy atom. The fourth-order valence-corrected chi connectivity index (χ4v) is 4.27. The molecule has 35 heavy (non-hydrogen) atoms. The number of hydrogen-bond acceptors (Lipinski definition) is 7. The Hall–Kier alpha value is -4.61. The first-order valence-corrected chi connectivity index (χ1v) is 11.0. The van der Waals surface area contributed by atoms with Crippen LogP contribution in [0.4, 0.5) is 16.2 Å². The molecule has 1 atom stereocenters. The summed E-state index contributed by atoms with van der Waals surface area (Å²) in [7, 11) is 0. The third-order valence-corrected chi connectivity index (χ3v) is 6.15. The maximum atomic E-state index is 13.2. The Labute approximate surface area is 199 Å². The summed E-state index contributed by atoms with van der Waals surface area (Å²) in [6.07, 6.45) is 2.78. The number of imide groups is 1. The number of anilines is 2. The zero-order valence-corrected chi connectivity index (χ0v) is 18.8. The van der Waals surface area contributed by atoms with Crippen molar-refractivity contribution in [2.24, 2.45) is 0 Å². The van der Waals surface area contributed by atoms with Gasteiger partial charge in [-0.05, 0) is 65.7 Å². The second kappa shape index (κ2) is 8.63. The summed E-state index contributed by atoms with van der Waals surface area (Å²) in [5, 5.41) is 16.4. The zero-order valence-electron chi connectivity index (χ0n) is 18.8. The zero-order chi connectivity index (χ0) is 24.6. The van der Waals surface area contributed by atoms with E-state index in [0.29, 0.717) is 29.9 Å². The maximum Gasteiger partial charge on any atom is 0.325 e. The van der Waals surface area contributed by atoms with Gasteiger partial charge in [-0.3, -0.25) is 19.3 Å². The minimum Gasteiger partial charge on any atom is -0.325 e. The van der Waals surface area contributed by atoms with Gasteiger partial charge in [0.25, 0.3) is 5.91 Å². The molecule has 0 bridgehead atoms. The van der Waals surface area contributed by atoms with E-state index < -0.39 is 29.9 Å². The van der Waals surface area contributed by atoms with Gasteiger partial charge in [-0.25, -0.2) is 9.48 Å². The largest absolute Gasteiger partial charge is 0.325 e. The van der Waals surface area contributed by atoms with Crippen LogP contribution in [0.2, 0.25) is 0 Å². The number of amides is 5. The highest BCUT2D eigenvalue weighted by Gasteiger charge is 2.49. The van der Waals surface area contributed by atoms with Crippen LogP contribution in [0.5, 0.6) is 0 Å². The van der Waals surface area contributed by atoms with Crippen molar-refractivity contribution < 1.29 is 19.2 Å². The van der Waals surface area contributed by atoms with Gasteiger partial charge < -0.3 is 15.5 Å². The van der Waals surface area contributed by atoms with Gasteiger partial charge in [-0.2, -0.15) is 0 Å². The number of carbonyl (C=O) groups is 4. The Morgan fingerprint density at radius 3 is 2.60 bits per heavy atom. The lowest BCUT2D eigenvalue weighted by Crippen LogP contribution is -2.42. The van der Waals surface area contributed by atoms with Crippen LogP contribution in [0, 0.1) is 0 Å². The lowest BCUT2D eigenvalue weighted by molar-refractivity contribution is -0.133. The highest BCUT2D eigenvalue weighted by atomic mass is 16.2. The molecule has 0 unspecified atom stereocenters. The van der Waals surface area contributed by atoms with Crippen molar-refractivity contribution in [2.45, 2.75) is 25.3 Å². The molecule has 2 aliphatic heterocycles. The molecule has 5 rings (SSSR count). The Bertz CT molecular complexity index is 1310. The first-order valence-electron chi connectivity index (χ1n) is 11.0. The quantitative estimate of drug-likeness (QED) is 0.511. The number of carbonyl (C=O) groups excluding carboxylic acids is 4. The minimum atomic E-state index is -1.36. The predicted octanol–water partition coefficient (Wildman–Crippen LogP) is 1.19. The first kappa shape index (κ1) is 22.2. The van der Waals surface area contributed by atoms with E-state index in [1.807, 2.05) is 0 Å². The lowest BCUT2D eigenvalue weighted by atomic mass is 9.91. The van der Waals surface area contributed by atoms with Crippen LogP contribution in [-0.2, 0) is 19.9 Å². The van der Waals surface area contributed by atoms with Crippen LogP contribution >= 0.6 is 0 Å². The fourth-order valence-electron chi connectivity index (χ4n) is 4.27. The molecule has 12 nitrogen and oxygen atoms in total. The summed E-state index contributed by atoms with van der Waals surface area (Å²) in [6.45, 7) is 1.82. The van der Waals surface area contributed by atoms with Gasteiger partial charge in [-0.15, -0.1) is 5.10 Å². The molecule has 5 amide bonds. The SMILES string of the molecule is C[C@]1(c2cccc(-n3cnnn3)c2)NC(=O)N(CC(=O)Nc2ccc(N3CCCC3=O)cc2)C1=O. The normalized spacial score (nSPS) is 19.9. The summed E-state index contributed by atoms with van der Waals surface area (Å²) >= 11 is 0. The van der Waals surface area contributed by atoms with Crippen molar-refractivity contribution in [3.8, 4) is 5.69 Å². The van der Waals surface area contributed by atoms with Gasteiger partial charge in [0, 0.05) is 24.3 Å². The van der Waals surface area contributed by atoms with E-state index in [4.69, 9.17) is 0 Å². The molecule has 3 aromatic rings. The van der Waals surface area contributed by atoms with Gasteiger partial charge in [-0.1, -0.05) is 12.1 Å². The highest BCUT2D eigenvalue weighted by molar-refractivity contribution is 6.10. The molecule has 0 aliphatic carbocycles. The standard InChI is InChI=1S/C23H22N8O4/c1-23(15-4-2-5-18(12-15)31-14-24-27-28-31)21(34)30(22(35)26-23)13-19(32)25-16-7-9-17(10-8-16)29-11-3-6-20(29)33/h2,4-5,7-10,12,14H,3,6,11,13H2,1H3,(H,25,32)(H,26,35)/t23-/m1/s1. The molecule has 2 saturated heterocycles. The Morgan fingerprint density at radius 1 is 1.11 bits per heavy atom. The van der Waals surface area contributed by atoms with Crippen LogP contribution in [-0.4, -0.2) is 61.9 Å². The first-order chi connectivity index (χ1) is 16.8. The average molecular weight is 474 g/mol. The molecular weight excluding hydrogens is 452 g/mol. The number of aromatic nitrogens is 4. The molecule has 1 aromatic heterocycles. The molecule has 12 heteroatoms. The molecule has 3 heterocycles. The molecule has 2 aromatic carbocycles. The van der Waals surface area contributed by atoms with E-state index >= 15 is 0 Å². The van der Waals surface area contributed by atoms with Gasteiger partial charge in [0.15, 0.2) is 0 Å². The smallest absolute Gasteiger partial charge is 0.325 e. The Kier molecular flexibility index (Phi) is 5.47. The van der Waals surface area contributed by atoms with E-state index in [1.165, 1.54) is 11.0 Å². The maximum absolute atomic E-state index is 13.2. The van der Waals surface area contributed by atoms with Crippen LogP contribution in [0.15, 0.2) is 54.9 Å². The van der Waals surface area contributed by atoms with Gasteiger partial charge >= 0.3 is 6.03 Å². The van der Waals surface area contributed by atoms with Crippen molar-refractivity contribution in [1.29, 1.82) is 0 Å². The number of tetrazole rings is 1. The van der Waals surface area contributed by atoms with Crippen LogP contribution in [0.1, 0.15) is 25.3 Å². The summed E-state index contributed by atoms with van der Waals surface area (Å²) in [6, 6.07) is 13.1. The molecular formula is C23H22N8O4. The number of hydrogen-bond donors (Lipinski definition) is 2. The van der Waals surface area contributed by atoms with Crippen LogP contribution in [0.3, 0.4) is 0 Å². The third kappa shape index (κ3) is 4.09. The van der Waals surface area contributed by atoms with Crippen molar-refractivity contribution >= 4 is 35.1 Å². The molecule has 0 radical (unpaired) electrons. The van der Waals surface area contributed by atoms with Gasteiger partial charge in [0.05, 0.1) is 5.69 Å². The number of urea groups is 1. The van der Waals surface area contributed by atoms with E-state index in [0.717, 1.165) is 17.0 Å². The predicted molar refractivity (Wildman–Crippen MR) is 123 cm³/mol. The van der Waals surface area contributed by atoms with E-state index in [2.05, 4.69) is 26.2 Å². The van der Waals surface area contributed by atoms with E-state index in [9.17, 15) is 19.2 Å². The van der Waals surface area contributed by atoms with Crippen LogP contribution < -0.4 is 15.5 Å². The number of nitrogens with zero attached hydrogens (tertiary/aromatic N) is 6. The second-order valence-electron chi connectivity index (χ2n) is 8.50. The van der Waals surface area contributed by atoms with E-state index in [-0.39, 0.29) is 5.91 Å². The highest BCUT2D eigenvalue weighted by Crippen LogP contribution is 2.30. The molecule has 0 spiro atoms. The van der Waals surface area contributed by atoms with Gasteiger partial charge in [0.1, 0.15) is 18.4 Å². The Balaban J connectivity index is 1.27. The third-order valence-electron chi connectivity index (χ3n) is 6.15. The minimum absolute atomic E-state index is 0.0758. The molecule has 2 aliphatic rings. The van der Waals surface area contributed by atoms with Crippen molar-refractivity contribution in [3.63, 3.8) is 0 Å². The summed E-state index contributed by atoms with van der Waals surface area (Å²) in [5.41, 5.74) is 1.05. The topological polar surface area (TPSA) is 142 Å². The van der Waals surface area contributed by atoms with Crippen molar-refractivity contribution in [1.82, 2.24) is 30.4 Å². The van der Waals surface area contributed by atoms with Crippen molar-refractivity contribution in [3.05, 3.63) is 60.4 Å². The monoisotopic (exact) mass is 474 g/mol.